The molecular formula is C9H13NO3. The molecule has 0 heterocycles. The van der Waals surface area contributed by atoms with Crippen molar-refractivity contribution in [1.82, 2.24) is 5.48 Å². The molecule has 0 radical (unpaired) electrons. The summed E-state index contributed by atoms with van der Waals surface area (Å²) in [4.78, 5) is 4.72. The molecule has 0 aliphatic carbocycles. The van der Waals surface area contributed by atoms with Crippen LogP contribution in [0.15, 0.2) is 18.2 Å². The van der Waals surface area contributed by atoms with Crippen LogP contribution >= 0.6 is 0 Å². The zero-order valence-corrected chi connectivity index (χ0v) is 7.61. The van der Waals surface area contributed by atoms with Crippen LogP contribution in [0.1, 0.15) is 18.5 Å². The Balaban J connectivity index is 2.88. The zero-order chi connectivity index (χ0) is 9.84. The third-order valence-corrected chi connectivity index (χ3v) is 1.78. The van der Waals surface area contributed by atoms with Crippen LogP contribution in [0.3, 0.4) is 0 Å². The molecule has 72 valence electrons. The minimum Gasteiger partial charge on any atom is -0.508 e. The molecule has 4 heteroatoms. The van der Waals surface area contributed by atoms with Crippen molar-refractivity contribution in [1.29, 1.82) is 0 Å². The van der Waals surface area contributed by atoms with E-state index in [1.54, 1.807) is 6.07 Å². The first kappa shape index (κ1) is 9.83. The molecule has 0 spiro atoms. The highest BCUT2D eigenvalue weighted by atomic mass is 16.6. The number of benzene rings is 1. The number of hydrogen-bond acceptors (Lipinski definition) is 4. The van der Waals surface area contributed by atoms with Gasteiger partial charge in [0.2, 0.25) is 0 Å². The molecule has 1 unspecified atom stereocenters. The van der Waals surface area contributed by atoms with Gasteiger partial charge in [0.05, 0.1) is 13.2 Å². The molecule has 3 N–H and O–H groups in total. The van der Waals surface area contributed by atoms with E-state index in [-0.39, 0.29) is 17.5 Å². The molecule has 0 saturated carbocycles. The van der Waals surface area contributed by atoms with Crippen molar-refractivity contribution < 1.29 is 15.1 Å². The summed E-state index contributed by atoms with van der Waals surface area (Å²) < 4.78 is 0. The molecule has 0 saturated heterocycles. The lowest BCUT2D eigenvalue weighted by Crippen LogP contribution is -2.16. The minimum atomic E-state index is -0.120. The van der Waals surface area contributed by atoms with Gasteiger partial charge in [-0.2, -0.15) is 5.48 Å². The third kappa shape index (κ3) is 2.34. The summed E-state index contributed by atoms with van der Waals surface area (Å²) in [5.74, 6) is 0.0999. The normalized spacial score (nSPS) is 12.8. The largest absolute Gasteiger partial charge is 0.508 e. The van der Waals surface area contributed by atoms with Crippen LogP contribution in [0.4, 0.5) is 0 Å². The van der Waals surface area contributed by atoms with Crippen molar-refractivity contribution >= 4 is 0 Å². The van der Waals surface area contributed by atoms with Gasteiger partial charge in [-0.15, -0.1) is 0 Å². The minimum absolute atomic E-state index is 0.0471. The smallest absolute Gasteiger partial charge is 0.124 e. The van der Waals surface area contributed by atoms with Crippen molar-refractivity contribution in [3.63, 3.8) is 0 Å². The average molecular weight is 183 g/mol. The average Bonchev–Trinajstić information content (AvgIpc) is 2.04. The van der Waals surface area contributed by atoms with Gasteiger partial charge in [-0.25, -0.2) is 0 Å². The van der Waals surface area contributed by atoms with E-state index in [1.807, 2.05) is 6.92 Å². The van der Waals surface area contributed by atoms with Crippen LogP contribution in [0, 0.1) is 0 Å². The van der Waals surface area contributed by atoms with Crippen molar-refractivity contribution in [3.05, 3.63) is 23.8 Å². The van der Waals surface area contributed by atoms with E-state index < -0.39 is 0 Å². The topological polar surface area (TPSA) is 61.7 Å². The van der Waals surface area contributed by atoms with Gasteiger partial charge in [0.1, 0.15) is 11.5 Å². The second kappa shape index (κ2) is 4.11. The van der Waals surface area contributed by atoms with Crippen LogP contribution in [0.25, 0.3) is 0 Å². The Morgan fingerprint density at radius 3 is 2.62 bits per heavy atom. The standard InChI is InChI=1S/C9H13NO3/c1-6(10-13-2)8-4-3-7(11)5-9(8)12/h3-6,10-12H,1-2H3. The monoisotopic (exact) mass is 183 g/mol. The molecule has 13 heavy (non-hydrogen) atoms. The fourth-order valence-electron chi connectivity index (χ4n) is 1.14. The SMILES string of the molecule is CONC(C)c1ccc(O)cc1O. The number of rotatable bonds is 3. The Morgan fingerprint density at radius 1 is 1.38 bits per heavy atom. The van der Waals surface area contributed by atoms with E-state index in [4.69, 9.17) is 9.94 Å². The fraction of sp³-hybridized carbons (Fsp3) is 0.333. The van der Waals surface area contributed by atoms with Crippen LogP contribution in [-0.4, -0.2) is 17.3 Å². The molecule has 0 amide bonds. The Kier molecular flexibility index (Phi) is 3.11. The van der Waals surface area contributed by atoms with E-state index in [0.29, 0.717) is 5.56 Å². The van der Waals surface area contributed by atoms with Crippen LogP contribution in [0.2, 0.25) is 0 Å². The van der Waals surface area contributed by atoms with Crippen molar-refractivity contribution in [3.8, 4) is 11.5 Å². The summed E-state index contributed by atoms with van der Waals surface area (Å²) in [5, 5.41) is 18.5. The molecule has 1 rings (SSSR count). The van der Waals surface area contributed by atoms with Gasteiger partial charge in [-0.1, -0.05) is 6.07 Å². The fourth-order valence-corrected chi connectivity index (χ4v) is 1.14. The van der Waals surface area contributed by atoms with Gasteiger partial charge >= 0.3 is 0 Å². The van der Waals surface area contributed by atoms with E-state index in [9.17, 15) is 5.11 Å². The Morgan fingerprint density at radius 2 is 2.08 bits per heavy atom. The Labute approximate surface area is 76.7 Å². The lowest BCUT2D eigenvalue weighted by atomic mass is 10.1. The van der Waals surface area contributed by atoms with Crippen molar-refractivity contribution in [2.24, 2.45) is 0 Å². The quantitative estimate of drug-likeness (QED) is 0.618. The number of nitrogens with one attached hydrogen (secondary N) is 1. The second-order valence-electron chi connectivity index (χ2n) is 2.79. The number of phenolic OH excluding ortho intramolecular Hbond substituents is 2. The predicted octanol–water partition coefficient (Wildman–Crippen LogP) is 1.31. The van der Waals surface area contributed by atoms with Crippen LogP contribution in [0.5, 0.6) is 11.5 Å². The maximum absolute atomic E-state index is 9.43. The maximum atomic E-state index is 9.43. The predicted molar refractivity (Wildman–Crippen MR) is 48.3 cm³/mol. The summed E-state index contributed by atoms with van der Waals surface area (Å²) in [6, 6.07) is 4.33. The third-order valence-electron chi connectivity index (χ3n) is 1.78. The summed E-state index contributed by atoms with van der Waals surface area (Å²) in [7, 11) is 1.51. The first-order valence-electron chi connectivity index (χ1n) is 3.95. The lowest BCUT2D eigenvalue weighted by Gasteiger charge is -2.13. The highest BCUT2D eigenvalue weighted by Gasteiger charge is 2.09. The first-order valence-corrected chi connectivity index (χ1v) is 3.95. The summed E-state index contributed by atoms with van der Waals surface area (Å²) in [6.07, 6.45) is 0. The van der Waals surface area contributed by atoms with E-state index in [0.717, 1.165) is 0 Å². The van der Waals surface area contributed by atoms with E-state index in [1.165, 1.54) is 19.2 Å². The highest BCUT2D eigenvalue weighted by molar-refractivity contribution is 5.40. The Hall–Kier alpha value is -1.26. The van der Waals surface area contributed by atoms with Gasteiger partial charge in [-0.3, -0.25) is 0 Å². The molecule has 0 aromatic heterocycles. The number of hydrogen-bond donors (Lipinski definition) is 3. The van der Waals surface area contributed by atoms with Crippen molar-refractivity contribution in [2.75, 3.05) is 7.11 Å². The van der Waals surface area contributed by atoms with Gasteiger partial charge in [0.25, 0.3) is 0 Å². The molecule has 0 aliphatic heterocycles. The van der Waals surface area contributed by atoms with Crippen LogP contribution in [-0.2, 0) is 4.84 Å². The van der Waals surface area contributed by atoms with E-state index in [2.05, 4.69) is 5.48 Å². The lowest BCUT2D eigenvalue weighted by molar-refractivity contribution is 0.0651. The molecule has 4 nitrogen and oxygen atoms in total. The maximum Gasteiger partial charge on any atom is 0.124 e. The molecule has 0 bridgehead atoms. The number of phenols is 2. The van der Waals surface area contributed by atoms with Crippen molar-refractivity contribution in [2.45, 2.75) is 13.0 Å². The molecule has 1 atom stereocenters. The van der Waals surface area contributed by atoms with Gasteiger partial charge in [0.15, 0.2) is 0 Å². The molecule has 1 aromatic carbocycles. The number of aromatic hydroxyl groups is 2. The second-order valence-corrected chi connectivity index (χ2v) is 2.79. The first-order chi connectivity index (χ1) is 6.15. The summed E-state index contributed by atoms with van der Waals surface area (Å²) in [5.41, 5.74) is 3.36. The summed E-state index contributed by atoms with van der Waals surface area (Å²) in [6.45, 7) is 1.84. The Bertz CT molecular complexity index is 288. The molecule has 0 aliphatic rings. The highest BCUT2D eigenvalue weighted by Crippen LogP contribution is 2.27. The molecule has 1 aromatic rings. The summed E-state index contributed by atoms with van der Waals surface area (Å²) >= 11 is 0. The van der Waals surface area contributed by atoms with Crippen LogP contribution < -0.4 is 5.48 Å². The van der Waals surface area contributed by atoms with E-state index >= 15 is 0 Å². The zero-order valence-electron chi connectivity index (χ0n) is 7.61. The van der Waals surface area contributed by atoms with Gasteiger partial charge in [-0.05, 0) is 13.0 Å². The molecule has 0 fully saturated rings. The number of hydroxylamine groups is 1. The molecular weight excluding hydrogens is 170 g/mol. The van der Waals surface area contributed by atoms with Gasteiger partial charge in [0, 0.05) is 11.6 Å². The van der Waals surface area contributed by atoms with Gasteiger partial charge < -0.3 is 15.1 Å².